The Bertz CT molecular complexity index is 1990. The van der Waals surface area contributed by atoms with E-state index in [2.05, 4.69) is 55.6 Å². The molecule has 3 aliphatic rings. The van der Waals surface area contributed by atoms with Crippen molar-refractivity contribution in [3.8, 4) is 0 Å². The molecule has 0 aliphatic carbocycles. The number of aliphatic hydroxyl groups is 11. The van der Waals surface area contributed by atoms with E-state index >= 15 is 0 Å². The van der Waals surface area contributed by atoms with Gasteiger partial charge >= 0.3 is 0 Å². The van der Waals surface area contributed by atoms with Crippen molar-refractivity contribution in [3.63, 3.8) is 0 Å². The number of hydrogen-bond donors (Lipinski definition) is 12. The van der Waals surface area contributed by atoms with Crippen molar-refractivity contribution in [2.45, 2.75) is 433 Å². The van der Waals surface area contributed by atoms with E-state index in [1.165, 1.54) is 250 Å². The van der Waals surface area contributed by atoms with Crippen molar-refractivity contribution < 1.29 is 89.4 Å². The van der Waals surface area contributed by atoms with Crippen LogP contribution in [0.2, 0.25) is 0 Å². The van der Waals surface area contributed by atoms with Crippen molar-refractivity contribution in [2.75, 3.05) is 26.4 Å². The van der Waals surface area contributed by atoms with E-state index in [-0.39, 0.29) is 18.9 Å². The van der Waals surface area contributed by atoms with Gasteiger partial charge < -0.3 is 89.9 Å². The molecule has 100 heavy (non-hydrogen) atoms. The van der Waals surface area contributed by atoms with Gasteiger partial charge in [0.25, 0.3) is 0 Å². The molecule has 0 saturated carbocycles. The lowest BCUT2D eigenvalue weighted by Crippen LogP contribution is -2.66. The number of carbonyl (C=O) groups is 1. The minimum absolute atomic E-state index is 0.239. The lowest BCUT2D eigenvalue weighted by Gasteiger charge is -2.48. The molecule has 19 nitrogen and oxygen atoms in total. The van der Waals surface area contributed by atoms with Crippen LogP contribution in [-0.4, -0.2) is 193 Å². The Morgan fingerprint density at radius 1 is 0.360 bits per heavy atom. The van der Waals surface area contributed by atoms with Gasteiger partial charge in [-0.05, 0) is 64.2 Å². The molecule has 12 N–H and O–H groups in total. The fourth-order valence-electron chi connectivity index (χ4n) is 13.8. The predicted molar refractivity (Wildman–Crippen MR) is 397 cm³/mol. The van der Waals surface area contributed by atoms with Gasteiger partial charge in [-0.3, -0.25) is 4.79 Å². The van der Waals surface area contributed by atoms with Crippen LogP contribution < -0.4 is 5.32 Å². The van der Waals surface area contributed by atoms with E-state index in [9.17, 15) is 61.0 Å². The average Bonchev–Trinajstić information content (AvgIpc) is 0.783. The quantitative estimate of drug-likeness (QED) is 0.0199. The molecule has 19 heteroatoms. The van der Waals surface area contributed by atoms with E-state index in [4.69, 9.17) is 28.4 Å². The summed E-state index contributed by atoms with van der Waals surface area (Å²) in [6.07, 6.45) is 51.1. The highest BCUT2D eigenvalue weighted by Gasteiger charge is 2.54. The molecule has 3 fully saturated rings. The summed E-state index contributed by atoms with van der Waals surface area (Å²) in [4.78, 5) is 13.5. The summed E-state index contributed by atoms with van der Waals surface area (Å²) < 4.78 is 34.4. The van der Waals surface area contributed by atoms with E-state index < -0.39 is 124 Å². The van der Waals surface area contributed by atoms with Crippen molar-refractivity contribution in [2.24, 2.45) is 0 Å². The normalized spacial score (nSPS) is 26.7. The highest BCUT2D eigenvalue weighted by atomic mass is 16.8. The van der Waals surface area contributed by atoms with E-state index in [0.717, 1.165) is 44.9 Å². The summed E-state index contributed by atoms with van der Waals surface area (Å²) in [6.45, 7) is 1.75. The fraction of sp³-hybridized carbons (Fsp3) is 0.889. The third-order valence-corrected chi connectivity index (χ3v) is 20.3. The van der Waals surface area contributed by atoms with Gasteiger partial charge in [0.05, 0.1) is 38.6 Å². The van der Waals surface area contributed by atoms with Gasteiger partial charge in [-0.1, -0.05) is 306 Å². The summed E-state index contributed by atoms with van der Waals surface area (Å²) in [5.41, 5.74) is 0. The van der Waals surface area contributed by atoms with Crippen molar-refractivity contribution in [3.05, 3.63) is 48.6 Å². The number of allylic oxidation sites excluding steroid dienone is 7. The van der Waals surface area contributed by atoms with Crippen LogP contribution in [0.5, 0.6) is 0 Å². The first-order valence-corrected chi connectivity index (χ1v) is 40.9. The summed E-state index contributed by atoms with van der Waals surface area (Å²) in [5.74, 6) is -0.280. The number of unbranched alkanes of at least 4 members (excludes halogenated alkanes) is 43. The molecule has 3 saturated heterocycles. The van der Waals surface area contributed by atoms with Gasteiger partial charge in [-0.25, -0.2) is 0 Å². The Labute approximate surface area is 605 Å². The number of amides is 1. The zero-order chi connectivity index (χ0) is 72.5. The standard InChI is InChI=1S/C81H149NO18/c1-3-5-7-9-11-13-15-17-19-21-23-25-26-27-28-29-30-31-32-33-34-35-36-37-38-39-41-43-45-47-49-51-53-55-57-59-69(87)82-64(65(86)58-56-54-52-50-48-46-44-42-40-24-22-20-18-16-14-12-10-8-6-4-2)63-95-79-75(93)72(90)77(67(61-84)97-79)100-81-76(94)73(91)78(68(62-85)98-81)99-80-74(92)71(89)70(88)66(60-83)96-80/h15,17,21,23,48,50,56,58,64-68,70-81,83-86,88-94H,3-14,16,18-20,22,24-47,49,51-55,57,59-63H2,1-2H3,(H,82,87)/b17-15-,23-21-,50-48+,58-56+. The molecule has 17 unspecified atom stereocenters. The van der Waals surface area contributed by atoms with Crippen LogP contribution in [0, 0.1) is 0 Å². The van der Waals surface area contributed by atoms with Crippen LogP contribution in [-0.2, 0) is 33.2 Å². The zero-order valence-corrected chi connectivity index (χ0v) is 62.7. The van der Waals surface area contributed by atoms with Gasteiger partial charge in [0, 0.05) is 6.42 Å². The molecule has 1 amide bonds. The maximum absolute atomic E-state index is 13.5. The van der Waals surface area contributed by atoms with Crippen LogP contribution in [0.25, 0.3) is 0 Å². The molecule has 3 rings (SSSR count). The Balaban J connectivity index is 1.34. The summed E-state index contributed by atoms with van der Waals surface area (Å²) in [6, 6.07) is -0.990. The second kappa shape index (κ2) is 61.9. The molecule has 0 aromatic rings. The van der Waals surface area contributed by atoms with Gasteiger partial charge in [0.1, 0.15) is 73.2 Å². The monoisotopic (exact) mass is 1420 g/mol. The Kier molecular flexibility index (Phi) is 56.9. The second-order valence-electron chi connectivity index (χ2n) is 29.2. The molecular weight excluding hydrogens is 1270 g/mol. The smallest absolute Gasteiger partial charge is 0.220 e. The largest absolute Gasteiger partial charge is 0.394 e. The molecule has 3 heterocycles. The van der Waals surface area contributed by atoms with E-state index in [1.54, 1.807) is 6.08 Å². The number of hydrogen-bond acceptors (Lipinski definition) is 18. The number of aliphatic hydroxyl groups excluding tert-OH is 11. The molecule has 17 atom stereocenters. The maximum atomic E-state index is 13.5. The third-order valence-electron chi connectivity index (χ3n) is 20.3. The Morgan fingerprint density at radius 3 is 1.06 bits per heavy atom. The summed E-state index contributed by atoms with van der Waals surface area (Å²) in [7, 11) is 0. The van der Waals surface area contributed by atoms with Crippen LogP contribution >= 0.6 is 0 Å². The Hall–Kier alpha value is -2.25. The van der Waals surface area contributed by atoms with Crippen LogP contribution in [0.1, 0.15) is 328 Å². The number of carbonyl (C=O) groups excluding carboxylic acids is 1. The average molecular weight is 1430 g/mol. The topological polar surface area (TPSA) is 307 Å². The minimum atomic E-state index is -1.98. The number of nitrogens with one attached hydrogen (secondary N) is 1. The van der Waals surface area contributed by atoms with Crippen molar-refractivity contribution >= 4 is 5.91 Å². The lowest BCUT2D eigenvalue weighted by molar-refractivity contribution is -0.379. The molecule has 0 bridgehead atoms. The van der Waals surface area contributed by atoms with Gasteiger partial charge in [-0.2, -0.15) is 0 Å². The maximum Gasteiger partial charge on any atom is 0.220 e. The molecule has 0 spiro atoms. The molecule has 0 radical (unpaired) electrons. The first-order valence-electron chi connectivity index (χ1n) is 40.9. The van der Waals surface area contributed by atoms with Gasteiger partial charge in [0.2, 0.25) is 5.91 Å². The van der Waals surface area contributed by atoms with Gasteiger partial charge in [0.15, 0.2) is 18.9 Å². The van der Waals surface area contributed by atoms with E-state index in [1.807, 2.05) is 6.08 Å². The number of ether oxygens (including phenoxy) is 6. The molecular formula is C81H149NO18. The highest BCUT2D eigenvalue weighted by Crippen LogP contribution is 2.33. The zero-order valence-electron chi connectivity index (χ0n) is 62.7. The molecule has 3 aliphatic heterocycles. The fourth-order valence-corrected chi connectivity index (χ4v) is 13.8. The SMILES string of the molecule is CCCCCCC/C=C\C/C=C\CCCCCCCCCCCCCCCCCCCCCCCCCC(=O)NC(COC1OC(CO)C(OC2OC(CO)C(OC3OC(CO)C(O)C(O)C3O)C(O)C2O)C(O)C1O)C(O)/C=C/CC/C=C/CCCCCCCCCCCCCCCC. The second-order valence-corrected chi connectivity index (χ2v) is 29.2. The summed E-state index contributed by atoms with van der Waals surface area (Å²) >= 11 is 0. The molecule has 0 aromatic carbocycles. The van der Waals surface area contributed by atoms with E-state index in [0.29, 0.717) is 12.8 Å². The third kappa shape index (κ3) is 41.6. The number of rotatable bonds is 65. The summed E-state index contributed by atoms with van der Waals surface area (Å²) in [5, 5.41) is 121. The minimum Gasteiger partial charge on any atom is -0.394 e. The van der Waals surface area contributed by atoms with Crippen molar-refractivity contribution in [1.29, 1.82) is 0 Å². The first kappa shape index (κ1) is 92.0. The lowest BCUT2D eigenvalue weighted by atomic mass is 9.96. The van der Waals surface area contributed by atoms with Crippen LogP contribution in [0.3, 0.4) is 0 Å². The molecule has 586 valence electrons. The van der Waals surface area contributed by atoms with Crippen molar-refractivity contribution in [1.82, 2.24) is 5.32 Å². The first-order chi connectivity index (χ1) is 48.8. The van der Waals surface area contributed by atoms with Crippen LogP contribution in [0.15, 0.2) is 48.6 Å². The Morgan fingerprint density at radius 2 is 0.670 bits per heavy atom. The van der Waals surface area contributed by atoms with Gasteiger partial charge in [-0.15, -0.1) is 0 Å². The van der Waals surface area contributed by atoms with Crippen LogP contribution in [0.4, 0.5) is 0 Å². The predicted octanol–water partition coefficient (Wildman–Crippen LogP) is 13.7. The molecule has 0 aromatic heterocycles. The highest BCUT2D eigenvalue weighted by molar-refractivity contribution is 5.76.